The molecule has 0 aliphatic rings. The number of anilines is 1. The van der Waals surface area contributed by atoms with E-state index in [-0.39, 0.29) is 28.9 Å². The lowest BCUT2D eigenvalue weighted by Crippen LogP contribution is -2.08. The molecule has 112 valence electrons. The second-order valence-electron chi connectivity index (χ2n) is 4.45. The first kappa shape index (κ1) is 15.1. The molecule has 0 unspecified atom stereocenters. The Bertz CT molecular complexity index is 649. The van der Waals surface area contributed by atoms with Gasteiger partial charge < -0.3 is 10.1 Å². The minimum absolute atomic E-state index is 0.0249. The van der Waals surface area contributed by atoms with E-state index in [1.54, 1.807) is 0 Å². The number of ether oxygens (including phenoxy) is 1. The minimum Gasteiger partial charge on any atom is -0.467 e. The molecule has 0 bridgehead atoms. The number of methoxy groups -OCH3 is 1. The zero-order valence-electron chi connectivity index (χ0n) is 12.1. The van der Waals surface area contributed by atoms with E-state index in [2.05, 4.69) is 20.3 Å². The molecule has 0 aliphatic heterocycles. The monoisotopic (exact) mass is 294 g/mol. The highest BCUT2D eigenvalue weighted by molar-refractivity contribution is 5.58. The van der Waals surface area contributed by atoms with Crippen LogP contribution in [0.2, 0.25) is 0 Å². The zero-order valence-corrected chi connectivity index (χ0v) is 12.1. The molecule has 21 heavy (non-hydrogen) atoms. The third-order valence-electron chi connectivity index (χ3n) is 2.85. The van der Waals surface area contributed by atoms with Crippen molar-refractivity contribution >= 4 is 5.95 Å². The molecule has 7 heteroatoms. The fourth-order valence-corrected chi connectivity index (χ4v) is 1.70. The van der Waals surface area contributed by atoms with E-state index < -0.39 is 11.6 Å². The van der Waals surface area contributed by atoms with E-state index in [0.29, 0.717) is 6.54 Å². The Morgan fingerprint density at radius 1 is 1.14 bits per heavy atom. The molecule has 0 saturated heterocycles. The molecule has 5 nitrogen and oxygen atoms in total. The van der Waals surface area contributed by atoms with Crippen molar-refractivity contribution in [3.05, 3.63) is 29.3 Å². The molecule has 0 fully saturated rings. The van der Waals surface area contributed by atoms with Gasteiger partial charge in [0.2, 0.25) is 5.95 Å². The smallest absolute Gasteiger partial charge is 0.321 e. The average Bonchev–Trinajstić information content (AvgIpc) is 2.50. The molecule has 2 rings (SSSR count). The molecule has 1 N–H and O–H groups in total. The number of benzene rings is 1. The first-order valence-corrected chi connectivity index (χ1v) is 6.55. The third kappa shape index (κ3) is 3.24. The number of halogens is 2. The van der Waals surface area contributed by atoms with Crippen LogP contribution in [0.3, 0.4) is 0 Å². The third-order valence-corrected chi connectivity index (χ3v) is 2.85. The molecule has 0 aliphatic carbocycles. The summed E-state index contributed by atoms with van der Waals surface area (Å²) in [5.74, 6) is -1.60. The second-order valence-corrected chi connectivity index (χ2v) is 4.45. The molecule has 0 atom stereocenters. The molecule has 0 spiro atoms. The Morgan fingerprint density at radius 3 is 2.57 bits per heavy atom. The highest BCUT2D eigenvalue weighted by Crippen LogP contribution is 2.25. The van der Waals surface area contributed by atoms with Crippen LogP contribution in [0, 0.1) is 18.6 Å². The summed E-state index contributed by atoms with van der Waals surface area (Å²) in [6.07, 6.45) is 0.872. The Morgan fingerprint density at radius 2 is 1.90 bits per heavy atom. The van der Waals surface area contributed by atoms with E-state index in [1.807, 2.05) is 6.92 Å². The van der Waals surface area contributed by atoms with Crippen LogP contribution in [0.5, 0.6) is 6.01 Å². The van der Waals surface area contributed by atoms with Crippen molar-refractivity contribution in [3.63, 3.8) is 0 Å². The van der Waals surface area contributed by atoms with Crippen molar-refractivity contribution in [2.45, 2.75) is 20.3 Å². The van der Waals surface area contributed by atoms with Gasteiger partial charge in [0.15, 0.2) is 17.5 Å². The van der Waals surface area contributed by atoms with Crippen molar-refractivity contribution in [2.24, 2.45) is 0 Å². The summed E-state index contributed by atoms with van der Waals surface area (Å²) < 4.78 is 32.7. The predicted octanol–water partition coefficient (Wildman–Crippen LogP) is 2.96. The Hall–Kier alpha value is -2.31. The van der Waals surface area contributed by atoms with Gasteiger partial charge >= 0.3 is 6.01 Å². The zero-order chi connectivity index (χ0) is 15.4. The van der Waals surface area contributed by atoms with E-state index >= 15 is 0 Å². The molecule has 0 radical (unpaired) electrons. The Labute approximate surface area is 121 Å². The molecule has 1 heterocycles. The van der Waals surface area contributed by atoms with Gasteiger partial charge in [-0.3, -0.25) is 0 Å². The summed E-state index contributed by atoms with van der Waals surface area (Å²) in [5.41, 5.74) is 0.194. The average molecular weight is 294 g/mol. The highest BCUT2D eigenvalue weighted by atomic mass is 19.2. The topological polar surface area (TPSA) is 59.9 Å². The fourth-order valence-electron chi connectivity index (χ4n) is 1.70. The molecule has 0 amide bonds. The normalized spacial score (nSPS) is 10.5. The highest BCUT2D eigenvalue weighted by Gasteiger charge is 2.17. The van der Waals surface area contributed by atoms with Crippen molar-refractivity contribution in [3.8, 4) is 17.4 Å². The van der Waals surface area contributed by atoms with Gasteiger partial charge in [0.05, 0.1) is 12.7 Å². The number of rotatable bonds is 5. The van der Waals surface area contributed by atoms with Crippen LogP contribution in [0.4, 0.5) is 14.7 Å². The van der Waals surface area contributed by atoms with Gasteiger partial charge in [-0.2, -0.15) is 15.0 Å². The van der Waals surface area contributed by atoms with Crippen LogP contribution in [0.1, 0.15) is 18.9 Å². The summed E-state index contributed by atoms with van der Waals surface area (Å²) in [4.78, 5) is 12.1. The van der Waals surface area contributed by atoms with Crippen LogP contribution in [-0.2, 0) is 0 Å². The number of hydrogen-bond acceptors (Lipinski definition) is 5. The van der Waals surface area contributed by atoms with E-state index in [0.717, 1.165) is 6.42 Å². The summed E-state index contributed by atoms with van der Waals surface area (Å²) >= 11 is 0. The maximum Gasteiger partial charge on any atom is 0.321 e. The lowest BCUT2D eigenvalue weighted by molar-refractivity contribution is 0.379. The van der Waals surface area contributed by atoms with Gasteiger partial charge in [0, 0.05) is 6.54 Å². The Balaban J connectivity index is 2.50. The SMILES string of the molecule is CCCNc1nc(OC)nc(-c2ccc(C)c(F)c2F)n1. The molecule has 1 aromatic carbocycles. The van der Waals surface area contributed by atoms with Crippen molar-refractivity contribution in [2.75, 3.05) is 19.0 Å². The van der Waals surface area contributed by atoms with Crippen molar-refractivity contribution in [1.29, 1.82) is 0 Å². The quantitative estimate of drug-likeness (QED) is 0.918. The predicted molar refractivity (Wildman–Crippen MR) is 75.2 cm³/mol. The van der Waals surface area contributed by atoms with E-state index in [4.69, 9.17) is 4.74 Å². The van der Waals surface area contributed by atoms with Crippen LogP contribution in [0.25, 0.3) is 11.4 Å². The summed E-state index contributed by atoms with van der Waals surface area (Å²) in [5, 5.41) is 2.97. The largest absolute Gasteiger partial charge is 0.467 e. The van der Waals surface area contributed by atoms with Crippen molar-refractivity contribution in [1.82, 2.24) is 15.0 Å². The van der Waals surface area contributed by atoms with Gasteiger partial charge in [-0.1, -0.05) is 13.0 Å². The number of nitrogens with one attached hydrogen (secondary N) is 1. The lowest BCUT2D eigenvalue weighted by Gasteiger charge is -2.09. The van der Waals surface area contributed by atoms with Gasteiger partial charge in [-0.05, 0) is 25.0 Å². The Kier molecular flexibility index (Phi) is 4.62. The van der Waals surface area contributed by atoms with Crippen LogP contribution >= 0.6 is 0 Å². The minimum atomic E-state index is -0.982. The van der Waals surface area contributed by atoms with Crippen LogP contribution in [-0.4, -0.2) is 28.6 Å². The maximum atomic E-state index is 14.0. The van der Waals surface area contributed by atoms with Crippen molar-refractivity contribution < 1.29 is 13.5 Å². The van der Waals surface area contributed by atoms with Crippen LogP contribution in [0.15, 0.2) is 12.1 Å². The van der Waals surface area contributed by atoms with E-state index in [1.165, 1.54) is 26.2 Å². The standard InChI is InChI=1S/C14H16F2N4O/c1-4-7-17-13-18-12(19-14(20-13)21-3)9-6-5-8(2)10(15)11(9)16/h5-6H,4,7H2,1-3H3,(H,17,18,19,20). The molecule has 1 aromatic heterocycles. The molecular weight excluding hydrogens is 278 g/mol. The first-order chi connectivity index (χ1) is 10.1. The number of nitrogens with zero attached hydrogens (tertiary/aromatic N) is 3. The second kappa shape index (κ2) is 6.43. The van der Waals surface area contributed by atoms with Gasteiger partial charge in [0.25, 0.3) is 0 Å². The summed E-state index contributed by atoms with van der Waals surface area (Å²) in [6.45, 7) is 4.13. The number of hydrogen-bond donors (Lipinski definition) is 1. The summed E-state index contributed by atoms with van der Waals surface area (Å²) in [7, 11) is 1.40. The molecular formula is C14H16F2N4O. The van der Waals surface area contributed by atoms with Gasteiger partial charge in [0.1, 0.15) is 0 Å². The van der Waals surface area contributed by atoms with E-state index in [9.17, 15) is 8.78 Å². The maximum absolute atomic E-state index is 14.0. The van der Waals surface area contributed by atoms with Gasteiger partial charge in [-0.25, -0.2) is 8.78 Å². The summed E-state index contributed by atoms with van der Waals surface area (Å²) in [6, 6.07) is 2.95. The molecule has 2 aromatic rings. The lowest BCUT2D eigenvalue weighted by atomic mass is 10.1. The van der Waals surface area contributed by atoms with Crippen LogP contribution < -0.4 is 10.1 Å². The number of aromatic nitrogens is 3. The van der Waals surface area contributed by atoms with Gasteiger partial charge in [-0.15, -0.1) is 0 Å². The first-order valence-electron chi connectivity index (χ1n) is 6.55. The molecule has 0 saturated carbocycles. The fraction of sp³-hybridized carbons (Fsp3) is 0.357. The number of aryl methyl sites for hydroxylation is 1.